The predicted molar refractivity (Wildman–Crippen MR) is 102 cm³/mol. The lowest BCUT2D eigenvalue weighted by Crippen LogP contribution is -2.22. The Labute approximate surface area is 155 Å². The third-order valence-corrected chi connectivity index (χ3v) is 5.01. The van der Waals surface area contributed by atoms with E-state index in [4.69, 9.17) is 15.5 Å². The van der Waals surface area contributed by atoms with E-state index in [1.807, 2.05) is 60.3 Å². The van der Waals surface area contributed by atoms with Gasteiger partial charge in [-0.2, -0.15) is 5.26 Å². The summed E-state index contributed by atoms with van der Waals surface area (Å²) in [7, 11) is 1.98. The monoisotopic (exact) mass is 353 g/mol. The molecule has 2 aromatic carbocycles. The highest BCUT2D eigenvalue weighted by molar-refractivity contribution is 5.89. The van der Waals surface area contributed by atoms with Crippen molar-refractivity contribution < 1.29 is 4.74 Å². The molecule has 27 heavy (non-hydrogen) atoms. The van der Waals surface area contributed by atoms with Crippen LogP contribution in [0.4, 0.5) is 0 Å². The summed E-state index contributed by atoms with van der Waals surface area (Å²) < 4.78 is 7.89. The number of aryl methyl sites for hydroxylation is 1. The van der Waals surface area contributed by atoms with E-state index in [9.17, 15) is 5.26 Å². The fourth-order valence-corrected chi connectivity index (χ4v) is 3.68. The van der Waals surface area contributed by atoms with Crippen LogP contribution in [0.1, 0.15) is 17.2 Å². The lowest BCUT2D eigenvalue weighted by atomic mass is 9.86. The van der Waals surface area contributed by atoms with Gasteiger partial charge in [0, 0.05) is 24.2 Å². The molecular weight excluding hydrogens is 338 g/mol. The number of nitriles is 1. The van der Waals surface area contributed by atoms with Gasteiger partial charge in [-0.15, -0.1) is 0 Å². The first-order valence-corrected chi connectivity index (χ1v) is 8.54. The molecule has 2 N–H and O–H groups in total. The van der Waals surface area contributed by atoms with Gasteiger partial charge >= 0.3 is 0 Å². The molecule has 3 heterocycles. The number of allylic oxidation sites excluding steroid dienone is 1. The van der Waals surface area contributed by atoms with Gasteiger partial charge in [-0.25, -0.2) is 4.98 Å². The molecule has 0 radical (unpaired) electrons. The lowest BCUT2D eigenvalue weighted by molar-refractivity contribution is 0.398. The molecule has 0 saturated heterocycles. The largest absolute Gasteiger partial charge is 0.439 e. The lowest BCUT2D eigenvalue weighted by Gasteiger charge is -2.26. The first-order valence-electron chi connectivity index (χ1n) is 8.54. The highest BCUT2D eigenvalue weighted by atomic mass is 16.5. The van der Waals surface area contributed by atoms with E-state index >= 15 is 0 Å². The van der Waals surface area contributed by atoms with Crippen molar-refractivity contribution in [3.05, 3.63) is 77.6 Å². The predicted octanol–water partition coefficient (Wildman–Crippen LogP) is 3.34. The topological polar surface area (TPSA) is 89.8 Å². The van der Waals surface area contributed by atoms with Gasteiger partial charge < -0.3 is 15.0 Å². The van der Waals surface area contributed by atoms with Gasteiger partial charge in [0.05, 0.1) is 34.4 Å². The van der Waals surface area contributed by atoms with Gasteiger partial charge in [0.25, 0.3) is 0 Å². The van der Waals surface area contributed by atoms with Gasteiger partial charge in [-0.1, -0.05) is 18.2 Å². The second kappa shape index (κ2) is 5.58. The van der Waals surface area contributed by atoms with Crippen molar-refractivity contribution in [3.63, 3.8) is 0 Å². The molecule has 0 spiro atoms. The smallest absolute Gasteiger partial charge is 0.205 e. The summed E-state index contributed by atoms with van der Waals surface area (Å²) in [6.45, 7) is 0. The van der Waals surface area contributed by atoms with Gasteiger partial charge in [-0.05, 0) is 24.3 Å². The molecule has 0 amide bonds. The molecular formula is C21H15N5O. The maximum Gasteiger partial charge on any atom is 0.205 e. The summed E-state index contributed by atoms with van der Waals surface area (Å²) in [5.74, 6) is 0.367. The summed E-state index contributed by atoms with van der Waals surface area (Å²) in [5, 5.41) is 10.7. The number of nitrogens with two attached hydrogens (primary N) is 1. The zero-order valence-corrected chi connectivity index (χ0v) is 14.5. The fraction of sp³-hybridized carbons (Fsp3) is 0.0952. The van der Waals surface area contributed by atoms with E-state index in [2.05, 4.69) is 11.1 Å². The van der Waals surface area contributed by atoms with Crippen LogP contribution in [-0.4, -0.2) is 14.5 Å². The zero-order chi connectivity index (χ0) is 18.5. The summed E-state index contributed by atoms with van der Waals surface area (Å²) in [5.41, 5.74) is 10.6. The van der Waals surface area contributed by atoms with Crippen LogP contribution in [0.15, 0.2) is 66.3 Å². The number of fused-ring (bicyclic) bond motifs is 4. The third kappa shape index (κ3) is 2.19. The van der Waals surface area contributed by atoms with E-state index < -0.39 is 5.92 Å². The summed E-state index contributed by atoms with van der Waals surface area (Å²) in [4.78, 5) is 9.26. The molecule has 0 saturated carbocycles. The number of benzene rings is 2. The minimum absolute atomic E-state index is 0.112. The molecule has 130 valence electrons. The van der Waals surface area contributed by atoms with E-state index in [1.165, 1.54) is 0 Å². The summed E-state index contributed by atoms with van der Waals surface area (Å²) in [6, 6.07) is 15.8. The summed E-state index contributed by atoms with van der Waals surface area (Å²) >= 11 is 0. The molecule has 5 rings (SSSR count). The van der Waals surface area contributed by atoms with Crippen LogP contribution in [0.25, 0.3) is 21.9 Å². The zero-order valence-electron chi connectivity index (χ0n) is 14.5. The van der Waals surface area contributed by atoms with Gasteiger partial charge in [0.1, 0.15) is 17.4 Å². The minimum Gasteiger partial charge on any atom is -0.439 e. The number of para-hydroxylation sites is 2. The number of hydrogen-bond donors (Lipinski definition) is 1. The number of rotatable bonds is 1. The van der Waals surface area contributed by atoms with E-state index in [-0.39, 0.29) is 5.88 Å². The van der Waals surface area contributed by atoms with Crippen molar-refractivity contribution >= 4 is 21.9 Å². The Kier molecular flexibility index (Phi) is 3.18. The number of nitrogens with zero attached hydrogens (tertiary/aromatic N) is 4. The molecule has 2 aromatic heterocycles. The van der Waals surface area contributed by atoms with Crippen molar-refractivity contribution in [2.24, 2.45) is 12.8 Å². The fourth-order valence-electron chi connectivity index (χ4n) is 3.68. The molecule has 1 aliphatic rings. The second-order valence-corrected chi connectivity index (χ2v) is 6.55. The highest BCUT2D eigenvalue weighted by Gasteiger charge is 2.33. The second-order valence-electron chi connectivity index (χ2n) is 6.55. The SMILES string of the molecule is Cn1ccc2c3c(ccc21)C(c1cnc2ccccc2n1)C(C#N)=C(N)O3. The molecule has 1 atom stereocenters. The Balaban J connectivity index is 1.79. The van der Waals surface area contributed by atoms with Crippen molar-refractivity contribution in [1.29, 1.82) is 5.26 Å². The van der Waals surface area contributed by atoms with E-state index in [0.717, 1.165) is 27.5 Å². The van der Waals surface area contributed by atoms with Crippen LogP contribution in [0.3, 0.4) is 0 Å². The van der Waals surface area contributed by atoms with Crippen LogP contribution < -0.4 is 10.5 Å². The quantitative estimate of drug-likeness (QED) is 0.567. The molecule has 0 aliphatic carbocycles. The first-order chi connectivity index (χ1) is 13.2. The highest BCUT2D eigenvalue weighted by Crippen LogP contribution is 2.44. The third-order valence-electron chi connectivity index (χ3n) is 5.01. The maximum atomic E-state index is 9.73. The molecule has 0 fully saturated rings. The van der Waals surface area contributed by atoms with Crippen molar-refractivity contribution in [3.8, 4) is 11.8 Å². The van der Waals surface area contributed by atoms with Crippen LogP contribution in [0, 0.1) is 11.3 Å². The molecule has 6 heteroatoms. The molecule has 0 bridgehead atoms. The van der Waals surface area contributed by atoms with Crippen LogP contribution in [0.5, 0.6) is 5.75 Å². The van der Waals surface area contributed by atoms with Crippen molar-refractivity contribution in [2.45, 2.75) is 5.92 Å². The van der Waals surface area contributed by atoms with Crippen molar-refractivity contribution in [2.75, 3.05) is 0 Å². The van der Waals surface area contributed by atoms with E-state index in [0.29, 0.717) is 17.0 Å². The standard InChI is InChI=1S/C21H15N5O/c1-26-9-8-12-18(26)7-6-13-19(14(10-22)21(23)27-20(12)13)17-11-24-15-4-2-3-5-16(15)25-17/h2-9,11,19H,23H2,1H3. The average molecular weight is 353 g/mol. The van der Waals surface area contributed by atoms with Crippen LogP contribution >= 0.6 is 0 Å². The van der Waals surface area contributed by atoms with Gasteiger partial charge in [0.2, 0.25) is 5.88 Å². The Bertz CT molecular complexity index is 1300. The maximum absolute atomic E-state index is 9.73. The molecule has 1 aliphatic heterocycles. The van der Waals surface area contributed by atoms with Gasteiger partial charge in [0.15, 0.2) is 0 Å². The minimum atomic E-state index is -0.416. The number of aromatic nitrogens is 3. The Morgan fingerprint density at radius 3 is 2.78 bits per heavy atom. The van der Waals surface area contributed by atoms with E-state index in [1.54, 1.807) is 6.20 Å². The Hall–Kier alpha value is -3.85. The molecule has 6 nitrogen and oxygen atoms in total. The summed E-state index contributed by atoms with van der Waals surface area (Å²) in [6.07, 6.45) is 3.68. The number of ether oxygens (including phenoxy) is 1. The normalized spacial score (nSPS) is 16.2. The Morgan fingerprint density at radius 1 is 1.15 bits per heavy atom. The molecule has 4 aromatic rings. The Morgan fingerprint density at radius 2 is 1.96 bits per heavy atom. The van der Waals surface area contributed by atoms with Crippen molar-refractivity contribution in [1.82, 2.24) is 14.5 Å². The average Bonchev–Trinajstić information content (AvgIpc) is 3.08. The number of hydrogen-bond acceptors (Lipinski definition) is 5. The van der Waals surface area contributed by atoms with Crippen LogP contribution in [0.2, 0.25) is 0 Å². The van der Waals surface area contributed by atoms with Crippen LogP contribution in [-0.2, 0) is 7.05 Å². The first kappa shape index (κ1) is 15.4. The molecule has 1 unspecified atom stereocenters. The van der Waals surface area contributed by atoms with Gasteiger partial charge in [-0.3, -0.25) is 4.98 Å².